The van der Waals surface area contributed by atoms with Gasteiger partial charge in [-0.05, 0) is 72.8 Å². The van der Waals surface area contributed by atoms with E-state index in [1.165, 1.54) is 77.1 Å². The molecule has 0 spiro atoms. The Morgan fingerprint density at radius 1 is 0.781 bits per heavy atom. The second-order valence-electron chi connectivity index (χ2n) is 6.86. The van der Waals surface area contributed by atoms with Crippen LogP contribution in [0, 0.1) is 5.82 Å². The summed E-state index contributed by atoms with van der Waals surface area (Å²) in [5.74, 6) is -1.14. The number of carbonyl (C=O) groups is 2. The van der Waals surface area contributed by atoms with Crippen LogP contribution in [0.5, 0.6) is 5.75 Å². The summed E-state index contributed by atoms with van der Waals surface area (Å²) in [6, 6.07) is 16.7. The van der Waals surface area contributed by atoms with Crippen molar-refractivity contribution in [2.75, 3.05) is 13.1 Å². The fourth-order valence-corrected chi connectivity index (χ4v) is 4.54. The Balaban J connectivity index is 1.69. The summed E-state index contributed by atoms with van der Waals surface area (Å²) >= 11 is 0. The van der Waals surface area contributed by atoms with Gasteiger partial charge in [-0.25, -0.2) is 17.6 Å². The highest BCUT2D eigenvalue weighted by Gasteiger charge is 2.22. The summed E-state index contributed by atoms with van der Waals surface area (Å²) in [7, 11) is -3.61. The molecule has 0 atom stereocenters. The zero-order valence-corrected chi connectivity index (χ0v) is 18.4. The molecule has 8 heteroatoms. The minimum atomic E-state index is -3.61. The number of ketones is 1. The second kappa shape index (κ2) is 9.84. The van der Waals surface area contributed by atoms with Crippen LogP contribution in [0.1, 0.15) is 40.1 Å². The number of carbonyl (C=O) groups excluding carboxylic acids is 2. The standard InChI is InChI=1S/C24H22FNO5S/c1-3-26(4-2)32(29,30)22-15-9-19(10-16-22)24(28)31-21-13-7-18(8-14-21)23(27)17-5-11-20(25)12-6-17/h5-16H,3-4H2,1-2H3. The molecule has 0 radical (unpaired) electrons. The number of hydrogen-bond acceptors (Lipinski definition) is 5. The number of benzene rings is 3. The minimum absolute atomic E-state index is 0.0985. The van der Waals surface area contributed by atoms with E-state index in [0.717, 1.165) is 0 Å². The summed E-state index contributed by atoms with van der Waals surface area (Å²) < 4.78 is 44.7. The van der Waals surface area contributed by atoms with Crippen LogP contribution in [0.4, 0.5) is 4.39 Å². The molecule has 0 saturated heterocycles. The molecule has 32 heavy (non-hydrogen) atoms. The molecule has 0 unspecified atom stereocenters. The number of ether oxygens (including phenoxy) is 1. The average Bonchev–Trinajstić information content (AvgIpc) is 2.80. The predicted molar refractivity (Wildman–Crippen MR) is 118 cm³/mol. The van der Waals surface area contributed by atoms with Crippen molar-refractivity contribution in [3.8, 4) is 5.75 Å². The van der Waals surface area contributed by atoms with E-state index in [-0.39, 0.29) is 22.0 Å². The first-order chi connectivity index (χ1) is 15.3. The number of rotatable bonds is 8. The molecule has 0 aliphatic carbocycles. The molecule has 3 rings (SSSR count). The van der Waals surface area contributed by atoms with Crippen LogP contribution in [-0.2, 0) is 10.0 Å². The summed E-state index contributed by atoms with van der Waals surface area (Å²) in [5, 5.41) is 0. The van der Waals surface area contributed by atoms with Crippen LogP contribution >= 0.6 is 0 Å². The van der Waals surface area contributed by atoms with E-state index in [1.807, 2.05) is 0 Å². The summed E-state index contributed by atoms with van der Waals surface area (Å²) in [5.41, 5.74) is 0.897. The number of nitrogens with zero attached hydrogens (tertiary/aromatic N) is 1. The smallest absolute Gasteiger partial charge is 0.343 e. The third kappa shape index (κ3) is 5.09. The molecule has 0 aliphatic heterocycles. The van der Waals surface area contributed by atoms with Crippen LogP contribution in [0.15, 0.2) is 77.7 Å². The molecule has 3 aromatic carbocycles. The molecule has 0 aromatic heterocycles. The Labute approximate surface area is 186 Å². The molecular formula is C24H22FNO5S. The van der Waals surface area contributed by atoms with Gasteiger partial charge in [-0.2, -0.15) is 4.31 Å². The minimum Gasteiger partial charge on any atom is -0.423 e. The van der Waals surface area contributed by atoms with Gasteiger partial charge in [-0.3, -0.25) is 4.79 Å². The monoisotopic (exact) mass is 455 g/mol. The molecule has 0 bridgehead atoms. The third-order valence-electron chi connectivity index (χ3n) is 4.87. The van der Waals surface area contributed by atoms with Crippen LogP contribution in [-0.4, -0.2) is 37.6 Å². The highest BCUT2D eigenvalue weighted by Crippen LogP contribution is 2.19. The first-order valence-corrected chi connectivity index (χ1v) is 11.4. The number of esters is 1. The van der Waals surface area contributed by atoms with Gasteiger partial charge in [0.1, 0.15) is 11.6 Å². The maximum atomic E-state index is 13.0. The van der Waals surface area contributed by atoms with E-state index in [0.29, 0.717) is 24.2 Å². The van der Waals surface area contributed by atoms with Gasteiger partial charge in [-0.15, -0.1) is 0 Å². The Morgan fingerprint density at radius 2 is 1.25 bits per heavy atom. The number of sulfonamides is 1. The maximum Gasteiger partial charge on any atom is 0.343 e. The van der Waals surface area contributed by atoms with Crippen molar-refractivity contribution in [1.29, 1.82) is 0 Å². The lowest BCUT2D eigenvalue weighted by atomic mass is 10.0. The fraction of sp³-hybridized carbons (Fsp3) is 0.167. The van der Waals surface area contributed by atoms with E-state index in [4.69, 9.17) is 4.74 Å². The van der Waals surface area contributed by atoms with Crippen molar-refractivity contribution >= 4 is 21.8 Å². The lowest BCUT2D eigenvalue weighted by molar-refractivity contribution is 0.0734. The fourth-order valence-electron chi connectivity index (χ4n) is 3.08. The Kier molecular flexibility index (Phi) is 7.17. The van der Waals surface area contributed by atoms with Crippen molar-refractivity contribution in [2.24, 2.45) is 0 Å². The van der Waals surface area contributed by atoms with Gasteiger partial charge < -0.3 is 4.74 Å². The van der Waals surface area contributed by atoms with Crippen LogP contribution < -0.4 is 4.74 Å². The lowest BCUT2D eigenvalue weighted by Crippen LogP contribution is -2.30. The Hall–Kier alpha value is -3.36. The first kappa shape index (κ1) is 23.3. The molecule has 0 heterocycles. The van der Waals surface area contributed by atoms with E-state index in [2.05, 4.69) is 0 Å². The van der Waals surface area contributed by atoms with E-state index in [1.54, 1.807) is 13.8 Å². The largest absolute Gasteiger partial charge is 0.423 e. The lowest BCUT2D eigenvalue weighted by Gasteiger charge is -2.18. The van der Waals surface area contributed by atoms with Crippen LogP contribution in [0.2, 0.25) is 0 Å². The molecule has 6 nitrogen and oxygen atoms in total. The van der Waals surface area contributed by atoms with Gasteiger partial charge in [0.25, 0.3) is 0 Å². The van der Waals surface area contributed by atoms with Crippen molar-refractivity contribution in [3.05, 3.63) is 95.3 Å². The Bertz CT molecular complexity index is 1200. The molecule has 0 aliphatic rings. The molecule has 3 aromatic rings. The average molecular weight is 456 g/mol. The van der Waals surface area contributed by atoms with E-state index < -0.39 is 21.8 Å². The number of halogens is 1. The Morgan fingerprint density at radius 3 is 1.75 bits per heavy atom. The van der Waals surface area contributed by atoms with Gasteiger partial charge in [0.2, 0.25) is 10.0 Å². The quantitative estimate of drug-likeness (QED) is 0.287. The number of hydrogen-bond donors (Lipinski definition) is 0. The predicted octanol–water partition coefficient (Wildman–Crippen LogP) is 4.31. The van der Waals surface area contributed by atoms with Gasteiger partial charge in [0, 0.05) is 24.2 Å². The van der Waals surface area contributed by atoms with Crippen molar-refractivity contribution in [3.63, 3.8) is 0 Å². The van der Waals surface area contributed by atoms with Crippen molar-refractivity contribution < 1.29 is 27.1 Å². The van der Waals surface area contributed by atoms with Gasteiger partial charge in [0.15, 0.2) is 5.78 Å². The molecule has 0 saturated carbocycles. The highest BCUT2D eigenvalue weighted by molar-refractivity contribution is 7.89. The van der Waals surface area contributed by atoms with Crippen molar-refractivity contribution in [2.45, 2.75) is 18.7 Å². The van der Waals surface area contributed by atoms with Gasteiger partial charge >= 0.3 is 5.97 Å². The molecule has 0 fully saturated rings. The van der Waals surface area contributed by atoms with Crippen molar-refractivity contribution in [1.82, 2.24) is 4.31 Å². The maximum absolute atomic E-state index is 13.0. The van der Waals surface area contributed by atoms with Crippen LogP contribution in [0.25, 0.3) is 0 Å². The highest BCUT2D eigenvalue weighted by atomic mass is 32.2. The SMILES string of the molecule is CCN(CC)S(=O)(=O)c1ccc(C(=O)Oc2ccc(C(=O)c3ccc(F)cc3)cc2)cc1. The summed E-state index contributed by atoms with van der Waals surface area (Å²) in [6.45, 7) is 4.21. The van der Waals surface area contributed by atoms with Crippen LogP contribution in [0.3, 0.4) is 0 Å². The molecule has 166 valence electrons. The second-order valence-corrected chi connectivity index (χ2v) is 8.80. The van der Waals surface area contributed by atoms with Gasteiger partial charge in [0.05, 0.1) is 10.5 Å². The topological polar surface area (TPSA) is 80.8 Å². The zero-order chi connectivity index (χ0) is 23.3. The normalized spacial score (nSPS) is 11.4. The van der Waals surface area contributed by atoms with Gasteiger partial charge in [-0.1, -0.05) is 13.8 Å². The summed E-state index contributed by atoms with van der Waals surface area (Å²) in [4.78, 5) is 24.9. The third-order valence-corrected chi connectivity index (χ3v) is 6.93. The first-order valence-electron chi connectivity index (χ1n) is 9.99. The zero-order valence-electron chi connectivity index (χ0n) is 17.6. The molecule has 0 N–H and O–H groups in total. The molecule has 0 amide bonds. The van der Waals surface area contributed by atoms with E-state index >= 15 is 0 Å². The summed E-state index contributed by atoms with van der Waals surface area (Å²) in [6.07, 6.45) is 0. The molecular weight excluding hydrogens is 433 g/mol. The van der Waals surface area contributed by atoms with E-state index in [9.17, 15) is 22.4 Å².